The topological polar surface area (TPSA) is 118 Å². The highest BCUT2D eigenvalue weighted by Gasteiger charge is 2.23. The molecule has 11 nitrogen and oxygen atoms in total. The molecule has 0 bridgehead atoms. The Morgan fingerprint density at radius 3 is 2.89 bits per heavy atom. The average molecular weight is 511 g/mol. The van der Waals surface area contributed by atoms with Crippen LogP contribution in [0.5, 0.6) is 0 Å². The SMILES string of the molecule is CCC1CN(CC(=O)NC2=CNC(C)C(NC(=O)c3cnn4cc(-c5cnn(C)c5)sc34)=C2)CCO1. The summed E-state index contributed by atoms with van der Waals surface area (Å²) in [5.74, 6) is -0.355. The molecule has 3 aromatic heterocycles. The van der Waals surface area contributed by atoms with E-state index in [0.717, 1.165) is 34.8 Å². The Labute approximate surface area is 212 Å². The van der Waals surface area contributed by atoms with Crippen molar-refractivity contribution in [3.8, 4) is 10.4 Å². The van der Waals surface area contributed by atoms with Crippen LogP contribution in [0.3, 0.4) is 0 Å². The van der Waals surface area contributed by atoms with Gasteiger partial charge in [-0.25, -0.2) is 4.52 Å². The molecule has 0 spiro atoms. The molecule has 36 heavy (non-hydrogen) atoms. The van der Waals surface area contributed by atoms with Gasteiger partial charge in [-0.05, 0) is 19.4 Å². The van der Waals surface area contributed by atoms with Crippen molar-refractivity contribution in [1.29, 1.82) is 0 Å². The molecule has 2 unspecified atom stereocenters. The number of amides is 2. The summed E-state index contributed by atoms with van der Waals surface area (Å²) in [4.78, 5) is 29.6. The third kappa shape index (κ3) is 5.20. The Morgan fingerprint density at radius 1 is 1.25 bits per heavy atom. The molecule has 3 N–H and O–H groups in total. The predicted molar refractivity (Wildman–Crippen MR) is 136 cm³/mol. The van der Waals surface area contributed by atoms with Crippen LogP contribution in [0, 0.1) is 0 Å². The normalized spacial score (nSPS) is 20.5. The van der Waals surface area contributed by atoms with E-state index in [2.05, 4.69) is 38.0 Å². The van der Waals surface area contributed by atoms with Crippen LogP contribution in [0.1, 0.15) is 30.6 Å². The molecule has 0 aliphatic carbocycles. The molecule has 1 fully saturated rings. The van der Waals surface area contributed by atoms with E-state index in [0.29, 0.717) is 30.1 Å². The molecule has 5 heterocycles. The Kier molecular flexibility index (Phi) is 6.90. The van der Waals surface area contributed by atoms with Crippen molar-refractivity contribution in [2.45, 2.75) is 32.4 Å². The number of hydrogen-bond donors (Lipinski definition) is 3. The molecule has 1 saturated heterocycles. The van der Waals surface area contributed by atoms with Gasteiger partial charge in [-0.3, -0.25) is 19.2 Å². The van der Waals surface area contributed by atoms with E-state index < -0.39 is 0 Å². The van der Waals surface area contributed by atoms with Gasteiger partial charge in [0.05, 0.1) is 53.8 Å². The van der Waals surface area contributed by atoms with Gasteiger partial charge in [0.1, 0.15) is 4.83 Å². The number of nitrogens with zero attached hydrogens (tertiary/aromatic N) is 5. The number of hydrogen-bond acceptors (Lipinski definition) is 8. The minimum Gasteiger partial charge on any atom is -0.381 e. The first-order valence-electron chi connectivity index (χ1n) is 12.0. The predicted octanol–water partition coefficient (Wildman–Crippen LogP) is 1.47. The molecule has 2 aliphatic rings. The molecule has 0 aromatic carbocycles. The Hall–Kier alpha value is -3.48. The van der Waals surface area contributed by atoms with Crippen LogP contribution in [-0.4, -0.2) is 74.5 Å². The van der Waals surface area contributed by atoms with Crippen LogP contribution in [0.25, 0.3) is 15.3 Å². The van der Waals surface area contributed by atoms with Gasteiger partial charge >= 0.3 is 0 Å². The summed E-state index contributed by atoms with van der Waals surface area (Å²) in [6, 6.07) is -0.125. The summed E-state index contributed by atoms with van der Waals surface area (Å²) in [6.07, 6.45) is 11.8. The molecule has 2 amide bonds. The lowest BCUT2D eigenvalue weighted by atomic mass is 10.1. The number of aromatic nitrogens is 4. The zero-order valence-corrected chi connectivity index (χ0v) is 21.3. The third-order valence-corrected chi connectivity index (χ3v) is 7.44. The van der Waals surface area contributed by atoms with Gasteiger partial charge in [0, 0.05) is 50.0 Å². The molecule has 2 atom stereocenters. The second-order valence-electron chi connectivity index (χ2n) is 9.03. The molecule has 0 saturated carbocycles. The van der Waals surface area contributed by atoms with Crippen LogP contribution in [0.4, 0.5) is 0 Å². The van der Waals surface area contributed by atoms with Gasteiger partial charge in [-0.2, -0.15) is 10.2 Å². The maximum atomic E-state index is 13.2. The molecule has 0 radical (unpaired) electrons. The standard InChI is InChI=1S/C24H30N8O3S/c1-4-18-12-31(5-6-35-18)14-22(33)28-17-7-20(15(2)25-9-17)29-23(34)19-10-27-32-13-21(36-24(19)32)16-8-26-30(3)11-16/h7-11,13,15,18,25H,4-6,12,14H2,1-3H3,(H,28,33)(H,29,34). The van der Waals surface area contributed by atoms with Gasteiger partial charge < -0.3 is 20.7 Å². The first-order valence-corrected chi connectivity index (χ1v) is 12.8. The minimum absolute atomic E-state index is 0.101. The molecule has 3 aromatic rings. The number of ether oxygens (including phenoxy) is 1. The average Bonchev–Trinajstić information content (AvgIpc) is 3.57. The van der Waals surface area contributed by atoms with E-state index in [1.807, 2.05) is 26.4 Å². The number of carbonyl (C=O) groups is 2. The zero-order chi connectivity index (χ0) is 25.2. The number of aryl methyl sites for hydroxylation is 1. The van der Waals surface area contributed by atoms with Crippen molar-refractivity contribution in [3.63, 3.8) is 0 Å². The number of fused-ring (bicyclic) bond motifs is 1. The molecule has 2 aliphatic heterocycles. The van der Waals surface area contributed by atoms with Gasteiger partial charge in [-0.1, -0.05) is 6.92 Å². The van der Waals surface area contributed by atoms with Crippen molar-refractivity contribution in [1.82, 2.24) is 40.2 Å². The first kappa shape index (κ1) is 24.2. The molecule has 5 rings (SSSR count). The van der Waals surface area contributed by atoms with Crippen LogP contribution in [0.2, 0.25) is 0 Å². The minimum atomic E-state index is -0.254. The van der Waals surface area contributed by atoms with E-state index >= 15 is 0 Å². The van der Waals surface area contributed by atoms with Crippen molar-refractivity contribution in [3.05, 3.63) is 54.0 Å². The number of morpholine rings is 1. The van der Waals surface area contributed by atoms with Crippen LogP contribution in [-0.2, 0) is 16.6 Å². The maximum Gasteiger partial charge on any atom is 0.260 e. The maximum absolute atomic E-state index is 13.2. The van der Waals surface area contributed by atoms with E-state index in [1.165, 1.54) is 11.3 Å². The van der Waals surface area contributed by atoms with Gasteiger partial charge in [-0.15, -0.1) is 11.3 Å². The lowest BCUT2D eigenvalue weighted by Crippen LogP contribution is -2.47. The quantitative estimate of drug-likeness (QED) is 0.441. The molecule has 190 valence electrons. The van der Waals surface area contributed by atoms with Gasteiger partial charge in [0.2, 0.25) is 5.91 Å². The van der Waals surface area contributed by atoms with Gasteiger partial charge in [0.15, 0.2) is 0 Å². The molecule has 12 heteroatoms. The second kappa shape index (κ2) is 10.2. The highest BCUT2D eigenvalue weighted by Crippen LogP contribution is 2.30. The number of nitrogens with one attached hydrogen (secondary N) is 3. The summed E-state index contributed by atoms with van der Waals surface area (Å²) >= 11 is 1.48. The largest absolute Gasteiger partial charge is 0.381 e. The highest BCUT2D eigenvalue weighted by molar-refractivity contribution is 7.21. The summed E-state index contributed by atoms with van der Waals surface area (Å²) in [7, 11) is 1.86. The third-order valence-electron chi connectivity index (χ3n) is 6.28. The van der Waals surface area contributed by atoms with Crippen LogP contribution >= 0.6 is 11.3 Å². The summed E-state index contributed by atoms with van der Waals surface area (Å²) < 4.78 is 9.13. The summed E-state index contributed by atoms with van der Waals surface area (Å²) in [6.45, 7) is 6.45. The van der Waals surface area contributed by atoms with Crippen LogP contribution < -0.4 is 16.0 Å². The van der Waals surface area contributed by atoms with E-state index in [1.54, 1.807) is 33.9 Å². The Morgan fingerprint density at radius 2 is 2.11 bits per heavy atom. The van der Waals surface area contributed by atoms with Crippen molar-refractivity contribution in [2.24, 2.45) is 7.05 Å². The Bertz CT molecular complexity index is 1340. The highest BCUT2D eigenvalue weighted by atomic mass is 32.1. The summed E-state index contributed by atoms with van der Waals surface area (Å²) in [5.41, 5.74) is 2.73. The number of rotatable bonds is 7. The Balaban J connectivity index is 1.24. The second-order valence-corrected chi connectivity index (χ2v) is 10.1. The van der Waals surface area contributed by atoms with E-state index in [-0.39, 0.29) is 24.0 Å². The van der Waals surface area contributed by atoms with Crippen molar-refractivity contribution >= 4 is 28.0 Å². The lowest BCUT2D eigenvalue weighted by molar-refractivity contribution is -0.123. The molecular formula is C24H30N8O3S. The first-order chi connectivity index (χ1) is 17.4. The summed E-state index contributed by atoms with van der Waals surface area (Å²) in [5, 5.41) is 17.7. The number of thiazole rings is 1. The fraction of sp³-hybridized carbons (Fsp3) is 0.417. The van der Waals surface area contributed by atoms with Crippen molar-refractivity contribution in [2.75, 3.05) is 26.2 Å². The fourth-order valence-corrected chi connectivity index (χ4v) is 5.29. The lowest BCUT2D eigenvalue weighted by Gasteiger charge is -2.32. The zero-order valence-electron chi connectivity index (χ0n) is 20.5. The van der Waals surface area contributed by atoms with Gasteiger partial charge in [0.25, 0.3) is 5.91 Å². The van der Waals surface area contributed by atoms with E-state index in [4.69, 9.17) is 4.74 Å². The fourth-order valence-electron chi connectivity index (χ4n) is 4.25. The number of carbonyl (C=O) groups excluding carboxylic acids is 2. The van der Waals surface area contributed by atoms with Crippen LogP contribution in [0.15, 0.2) is 48.5 Å². The monoisotopic (exact) mass is 510 g/mol. The van der Waals surface area contributed by atoms with E-state index in [9.17, 15) is 9.59 Å². The smallest absolute Gasteiger partial charge is 0.260 e. The van der Waals surface area contributed by atoms with Crippen molar-refractivity contribution < 1.29 is 14.3 Å². The number of dihydropyridines is 1. The number of allylic oxidation sites excluding steroid dienone is 1. The molecular weight excluding hydrogens is 480 g/mol.